The van der Waals surface area contributed by atoms with E-state index in [9.17, 15) is 5.11 Å². The zero-order valence-electron chi connectivity index (χ0n) is 18.7. The van der Waals surface area contributed by atoms with Crippen LogP contribution in [0.5, 0.6) is 5.75 Å². The van der Waals surface area contributed by atoms with Gasteiger partial charge in [-0.3, -0.25) is 4.99 Å². The van der Waals surface area contributed by atoms with Gasteiger partial charge in [0.25, 0.3) is 0 Å². The van der Waals surface area contributed by atoms with Gasteiger partial charge >= 0.3 is 0 Å². The van der Waals surface area contributed by atoms with Crippen molar-refractivity contribution >= 4 is 29.9 Å². The molecule has 8 heteroatoms. The summed E-state index contributed by atoms with van der Waals surface area (Å²) in [6.45, 7) is 11.1. The molecule has 1 atom stereocenters. The van der Waals surface area contributed by atoms with E-state index in [0.717, 1.165) is 57.3 Å². The van der Waals surface area contributed by atoms with Crippen LogP contribution in [0.4, 0.5) is 0 Å². The van der Waals surface area contributed by atoms with E-state index < -0.39 is 0 Å². The van der Waals surface area contributed by atoms with E-state index in [1.165, 1.54) is 5.56 Å². The number of aliphatic imine (C=N–C) groups is 1. The number of nitrogens with zero attached hydrogens (tertiary/aromatic N) is 2. The van der Waals surface area contributed by atoms with Crippen LogP contribution in [-0.4, -0.2) is 75.6 Å². The Morgan fingerprint density at radius 1 is 1.23 bits per heavy atom. The molecule has 1 aliphatic heterocycles. The monoisotopic (exact) mass is 534 g/mol. The van der Waals surface area contributed by atoms with Crippen molar-refractivity contribution < 1.29 is 14.6 Å². The summed E-state index contributed by atoms with van der Waals surface area (Å²) in [4.78, 5) is 6.65. The number of benzene rings is 1. The summed E-state index contributed by atoms with van der Waals surface area (Å²) < 4.78 is 11.4. The molecule has 1 unspecified atom stereocenters. The van der Waals surface area contributed by atoms with Crippen LogP contribution in [0.3, 0.4) is 0 Å². The number of ether oxygens (including phenoxy) is 2. The van der Waals surface area contributed by atoms with Crippen LogP contribution in [0, 0.1) is 5.41 Å². The largest absolute Gasteiger partial charge is 0.492 e. The van der Waals surface area contributed by atoms with Gasteiger partial charge in [0.15, 0.2) is 5.96 Å². The number of hydrogen-bond donors (Lipinski definition) is 3. The maximum atomic E-state index is 9.35. The van der Waals surface area contributed by atoms with Crippen molar-refractivity contribution in [3.05, 3.63) is 29.8 Å². The molecule has 3 N–H and O–H groups in total. The Morgan fingerprint density at radius 3 is 2.53 bits per heavy atom. The first-order valence-electron chi connectivity index (χ1n) is 10.7. The Balaban J connectivity index is 0.00000450. The molecular formula is C22H39IN4O3. The van der Waals surface area contributed by atoms with Gasteiger partial charge < -0.3 is 30.1 Å². The highest BCUT2D eigenvalue weighted by Gasteiger charge is 2.34. The lowest BCUT2D eigenvalue weighted by atomic mass is 9.84. The van der Waals surface area contributed by atoms with Crippen molar-refractivity contribution in [2.75, 3.05) is 59.7 Å². The Bertz CT molecular complexity index is 603. The van der Waals surface area contributed by atoms with Gasteiger partial charge in [0.1, 0.15) is 12.4 Å². The molecule has 0 radical (unpaired) electrons. The standard InChI is InChI=1S/C22H38N4O3.HI/c1-4-26(5-2)12-15-29-20-8-6-19(7-9-20)16-24-21(23-3)25-17-22(10-13-27)11-14-28-18-22;/h6-9,27H,4-5,10-18H2,1-3H3,(H2,23,24,25);1H. The Hall–Kier alpha value is -1.10. The van der Waals surface area contributed by atoms with Gasteiger partial charge in [-0.15, -0.1) is 24.0 Å². The van der Waals surface area contributed by atoms with Crippen molar-refractivity contribution in [2.24, 2.45) is 10.4 Å². The summed E-state index contributed by atoms with van der Waals surface area (Å²) in [6, 6.07) is 8.18. The average molecular weight is 534 g/mol. The predicted octanol–water partition coefficient (Wildman–Crippen LogP) is 2.48. The van der Waals surface area contributed by atoms with Crippen molar-refractivity contribution in [1.29, 1.82) is 0 Å². The van der Waals surface area contributed by atoms with Crippen LogP contribution in [-0.2, 0) is 11.3 Å². The number of rotatable bonds is 12. The highest BCUT2D eigenvalue weighted by molar-refractivity contribution is 14.0. The van der Waals surface area contributed by atoms with Crippen molar-refractivity contribution in [1.82, 2.24) is 15.5 Å². The number of aliphatic hydroxyl groups excluding tert-OH is 1. The van der Waals surface area contributed by atoms with Crippen LogP contribution in [0.2, 0.25) is 0 Å². The fraction of sp³-hybridized carbons (Fsp3) is 0.682. The van der Waals surface area contributed by atoms with E-state index in [2.05, 4.69) is 46.5 Å². The van der Waals surface area contributed by atoms with E-state index in [4.69, 9.17) is 9.47 Å². The van der Waals surface area contributed by atoms with E-state index in [1.807, 2.05) is 12.1 Å². The first-order valence-corrected chi connectivity index (χ1v) is 10.7. The maximum absolute atomic E-state index is 9.35. The molecule has 7 nitrogen and oxygen atoms in total. The highest BCUT2D eigenvalue weighted by atomic mass is 127. The molecular weight excluding hydrogens is 495 g/mol. The number of aliphatic hydroxyl groups is 1. The van der Waals surface area contributed by atoms with Gasteiger partial charge in [0, 0.05) is 45.3 Å². The molecule has 172 valence electrons. The van der Waals surface area contributed by atoms with Crippen LogP contribution in [0.15, 0.2) is 29.3 Å². The lowest BCUT2D eigenvalue weighted by Gasteiger charge is -2.27. The molecule has 0 amide bonds. The minimum absolute atomic E-state index is 0. The predicted molar refractivity (Wildman–Crippen MR) is 133 cm³/mol. The number of nitrogens with one attached hydrogen (secondary N) is 2. The third kappa shape index (κ3) is 8.95. The third-order valence-corrected chi connectivity index (χ3v) is 5.64. The summed E-state index contributed by atoms with van der Waals surface area (Å²) in [5, 5.41) is 16.1. The van der Waals surface area contributed by atoms with Crippen LogP contribution >= 0.6 is 24.0 Å². The van der Waals surface area contributed by atoms with E-state index in [1.54, 1.807) is 7.05 Å². The number of likely N-dealkylation sites (N-methyl/N-ethyl adjacent to an activating group) is 1. The first kappa shape index (κ1) is 26.9. The second-order valence-electron chi connectivity index (χ2n) is 7.57. The molecule has 1 aromatic rings. The highest BCUT2D eigenvalue weighted by Crippen LogP contribution is 2.31. The normalized spacial score (nSPS) is 18.9. The number of halogens is 1. The Kier molecular flexibility index (Phi) is 13.3. The van der Waals surface area contributed by atoms with E-state index >= 15 is 0 Å². The molecule has 2 rings (SSSR count). The molecule has 1 fully saturated rings. The quantitative estimate of drug-likeness (QED) is 0.217. The van der Waals surface area contributed by atoms with E-state index in [0.29, 0.717) is 19.8 Å². The van der Waals surface area contributed by atoms with Crippen molar-refractivity contribution in [3.8, 4) is 5.75 Å². The molecule has 1 heterocycles. The van der Waals surface area contributed by atoms with Gasteiger partial charge in [-0.1, -0.05) is 26.0 Å². The van der Waals surface area contributed by atoms with Gasteiger partial charge in [-0.2, -0.15) is 0 Å². The fourth-order valence-corrected chi connectivity index (χ4v) is 3.53. The van der Waals surface area contributed by atoms with Crippen molar-refractivity contribution in [2.45, 2.75) is 33.2 Å². The van der Waals surface area contributed by atoms with Crippen LogP contribution < -0.4 is 15.4 Å². The molecule has 0 aliphatic carbocycles. The zero-order chi connectivity index (χ0) is 21.0. The molecule has 1 aliphatic rings. The Labute approximate surface area is 198 Å². The summed E-state index contributed by atoms with van der Waals surface area (Å²) in [5.41, 5.74) is 1.16. The summed E-state index contributed by atoms with van der Waals surface area (Å²) >= 11 is 0. The Morgan fingerprint density at radius 2 is 1.97 bits per heavy atom. The number of hydrogen-bond acceptors (Lipinski definition) is 5. The molecule has 0 aromatic heterocycles. The lowest BCUT2D eigenvalue weighted by molar-refractivity contribution is 0.127. The molecule has 0 saturated carbocycles. The van der Waals surface area contributed by atoms with Crippen LogP contribution in [0.1, 0.15) is 32.3 Å². The smallest absolute Gasteiger partial charge is 0.191 e. The third-order valence-electron chi connectivity index (χ3n) is 5.64. The minimum Gasteiger partial charge on any atom is -0.492 e. The number of guanidine groups is 1. The van der Waals surface area contributed by atoms with Gasteiger partial charge in [0.05, 0.1) is 6.61 Å². The van der Waals surface area contributed by atoms with Crippen LogP contribution in [0.25, 0.3) is 0 Å². The second kappa shape index (κ2) is 14.8. The average Bonchev–Trinajstić information content (AvgIpc) is 3.21. The first-order chi connectivity index (χ1) is 14.1. The summed E-state index contributed by atoms with van der Waals surface area (Å²) in [7, 11) is 1.77. The maximum Gasteiger partial charge on any atom is 0.191 e. The van der Waals surface area contributed by atoms with Gasteiger partial charge in [0.2, 0.25) is 0 Å². The summed E-state index contributed by atoms with van der Waals surface area (Å²) in [6.07, 6.45) is 1.71. The van der Waals surface area contributed by atoms with Crippen molar-refractivity contribution in [3.63, 3.8) is 0 Å². The van der Waals surface area contributed by atoms with Gasteiger partial charge in [-0.05, 0) is 43.6 Å². The van der Waals surface area contributed by atoms with Gasteiger partial charge in [-0.25, -0.2) is 0 Å². The molecule has 0 spiro atoms. The molecule has 1 aromatic carbocycles. The second-order valence-corrected chi connectivity index (χ2v) is 7.57. The fourth-order valence-electron chi connectivity index (χ4n) is 3.53. The molecule has 0 bridgehead atoms. The SMILES string of the molecule is CCN(CC)CCOc1ccc(CNC(=NC)NCC2(CCO)CCOC2)cc1.I. The molecule has 30 heavy (non-hydrogen) atoms. The lowest BCUT2D eigenvalue weighted by Crippen LogP contribution is -2.44. The summed E-state index contributed by atoms with van der Waals surface area (Å²) in [5.74, 6) is 1.66. The topological polar surface area (TPSA) is 78.4 Å². The minimum atomic E-state index is -0.00348. The van der Waals surface area contributed by atoms with E-state index in [-0.39, 0.29) is 36.0 Å². The zero-order valence-corrected chi connectivity index (χ0v) is 21.0. The molecule has 1 saturated heterocycles.